The van der Waals surface area contributed by atoms with Gasteiger partial charge in [-0.2, -0.15) is 0 Å². The Hall–Kier alpha value is -3.86. The highest BCUT2D eigenvalue weighted by atomic mass is 16.5. The van der Waals surface area contributed by atoms with Gasteiger partial charge in [0.15, 0.2) is 5.78 Å². The van der Waals surface area contributed by atoms with Gasteiger partial charge in [0.2, 0.25) is 0 Å². The second-order valence-corrected chi connectivity index (χ2v) is 7.11. The van der Waals surface area contributed by atoms with E-state index in [0.717, 1.165) is 11.1 Å². The number of ether oxygens (including phenoxy) is 1. The third-order valence-electron chi connectivity index (χ3n) is 4.99. The highest BCUT2D eigenvalue weighted by molar-refractivity contribution is 6.11. The van der Waals surface area contributed by atoms with Gasteiger partial charge < -0.3 is 15.4 Å². The van der Waals surface area contributed by atoms with E-state index in [2.05, 4.69) is 10.6 Å². The van der Waals surface area contributed by atoms with Gasteiger partial charge >= 0.3 is 6.03 Å². The average Bonchev–Trinajstić information content (AvgIpc) is 2.78. The molecule has 2 N–H and O–H groups in total. The number of urea groups is 1. The van der Waals surface area contributed by atoms with Crippen molar-refractivity contribution in [3.63, 3.8) is 0 Å². The molecule has 5 nitrogen and oxygen atoms in total. The van der Waals surface area contributed by atoms with Crippen molar-refractivity contribution in [3.8, 4) is 5.75 Å². The molecule has 0 unspecified atom stereocenters. The molecule has 0 saturated heterocycles. The second-order valence-electron chi connectivity index (χ2n) is 7.11. The summed E-state index contributed by atoms with van der Waals surface area (Å²) in [6, 6.07) is 25.5. The fourth-order valence-electron chi connectivity index (χ4n) is 3.51. The molecule has 0 aliphatic carbocycles. The first-order valence-electron chi connectivity index (χ1n) is 9.76. The van der Waals surface area contributed by atoms with E-state index >= 15 is 0 Å². The van der Waals surface area contributed by atoms with Crippen molar-refractivity contribution in [3.05, 3.63) is 113 Å². The first kappa shape index (κ1) is 19.5. The molecule has 0 radical (unpaired) electrons. The van der Waals surface area contributed by atoms with Gasteiger partial charge in [-0.1, -0.05) is 72.8 Å². The predicted molar refractivity (Wildman–Crippen MR) is 115 cm³/mol. The molecule has 1 atom stereocenters. The summed E-state index contributed by atoms with van der Waals surface area (Å²) in [4.78, 5) is 25.4. The van der Waals surface area contributed by atoms with Crippen LogP contribution in [-0.4, -0.2) is 11.8 Å². The lowest BCUT2D eigenvalue weighted by Crippen LogP contribution is -2.45. The van der Waals surface area contributed by atoms with Crippen molar-refractivity contribution in [2.75, 3.05) is 0 Å². The Morgan fingerprint density at radius 1 is 0.933 bits per heavy atom. The van der Waals surface area contributed by atoms with E-state index in [9.17, 15) is 9.59 Å². The van der Waals surface area contributed by atoms with Crippen LogP contribution in [0.25, 0.3) is 0 Å². The van der Waals surface area contributed by atoms with Crippen LogP contribution >= 0.6 is 0 Å². The summed E-state index contributed by atoms with van der Waals surface area (Å²) >= 11 is 0. The van der Waals surface area contributed by atoms with Gasteiger partial charge in [-0.3, -0.25) is 4.79 Å². The number of carbonyl (C=O) groups is 2. The van der Waals surface area contributed by atoms with E-state index < -0.39 is 6.04 Å². The average molecular weight is 398 g/mol. The molecule has 5 heteroatoms. The number of nitrogens with one attached hydrogen (secondary N) is 2. The fraction of sp³-hybridized carbons (Fsp3) is 0.120. The van der Waals surface area contributed by atoms with Gasteiger partial charge in [0.1, 0.15) is 12.4 Å². The number of hydrogen-bond acceptors (Lipinski definition) is 3. The van der Waals surface area contributed by atoms with E-state index in [1.54, 1.807) is 19.1 Å². The molecular formula is C25H22N2O3. The minimum absolute atomic E-state index is 0.124. The lowest BCUT2D eigenvalue weighted by atomic mass is 9.89. The molecule has 1 heterocycles. The lowest BCUT2D eigenvalue weighted by Gasteiger charge is -2.29. The minimum Gasteiger partial charge on any atom is -0.489 e. The number of amides is 2. The SMILES string of the molecule is CC1=C(C(=O)c2ccccc2)[C@H](c2cccc(OCc3ccccc3)c2)NC(=O)N1. The predicted octanol–water partition coefficient (Wildman–Crippen LogP) is 4.78. The molecule has 30 heavy (non-hydrogen) atoms. The molecule has 1 aliphatic heterocycles. The normalized spacial score (nSPS) is 15.9. The first-order valence-corrected chi connectivity index (χ1v) is 9.76. The molecule has 4 rings (SSSR count). The molecule has 0 aromatic heterocycles. The van der Waals surface area contributed by atoms with Crippen LogP contribution in [0, 0.1) is 0 Å². The Balaban J connectivity index is 1.63. The second kappa shape index (κ2) is 8.66. The fourth-order valence-corrected chi connectivity index (χ4v) is 3.51. The molecule has 2 amide bonds. The van der Waals surface area contributed by atoms with E-state index in [-0.39, 0.29) is 11.8 Å². The van der Waals surface area contributed by atoms with Crippen LogP contribution in [0.3, 0.4) is 0 Å². The summed E-state index contributed by atoms with van der Waals surface area (Å²) in [5.74, 6) is 0.550. The Kier molecular flexibility index (Phi) is 5.61. The van der Waals surface area contributed by atoms with Crippen molar-refractivity contribution in [1.29, 1.82) is 0 Å². The number of Topliss-reactive ketones (excluding diaryl/α,β-unsaturated/α-hetero) is 1. The zero-order valence-electron chi connectivity index (χ0n) is 16.6. The van der Waals surface area contributed by atoms with E-state index in [1.165, 1.54) is 0 Å². The number of hydrogen-bond donors (Lipinski definition) is 2. The quantitative estimate of drug-likeness (QED) is 0.588. The Morgan fingerprint density at radius 2 is 1.63 bits per heavy atom. The van der Waals surface area contributed by atoms with Gasteiger partial charge in [-0.25, -0.2) is 4.79 Å². The molecule has 3 aromatic rings. The number of benzene rings is 3. The molecule has 0 bridgehead atoms. The topological polar surface area (TPSA) is 67.4 Å². The van der Waals surface area contributed by atoms with Crippen LogP contribution in [0.5, 0.6) is 5.75 Å². The number of carbonyl (C=O) groups excluding carboxylic acids is 2. The summed E-state index contributed by atoms with van der Waals surface area (Å²) in [6.07, 6.45) is 0. The highest BCUT2D eigenvalue weighted by Crippen LogP contribution is 2.31. The Morgan fingerprint density at radius 3 is 2.37 bits per heavy atom. The summed E-state index contributed by atoms with van der Waals surface area (Å²) in [7, 11) is 0. The smallest absolute Gasteiger partial charge is 0.319 e. The van der Waals surface area contributed by atoms with E-state index in [1.807, 2.05) is 72.8 Å². The Labute approximate surface area is 175 Å². The zero-order chi connectivity index (χ0) is 20.9. The lowest BCUT2D eigenvalue weighted by molar-refractivity contribution is 0.102. The van der Waals surface area contributed by atoms with Crippen molar-refractivity contribution in [2.45, 2.75) is 19.6 Å². The largest absolute Gasteiger partial charge is 0.489 e. The molecule has 150 valence electrons. The third kappa shape index (κ3) is 4.25. The number of allylic oxidation sites excluding steroid dienone is 1. The maximum Gasteiger partial charge on any atom is 0.319 e. The molecule has 1 aliphatic rings. The van der Waals surface area contributed by atoms with Gasteiger partial charge in [0, 0.05) is 16.8 Å². The van der Waals surface area contributed by atoms with Crippen LogP contribution in [0.2, 0.25) is 0 Å². The van der Waals surface area contributed by atoms with Crippen LogP contribution in [0.4, 0.5) is 4.79 Å². The highest BCUT2D eigenvalue weighted by Gasteiger charge is 2.31. The van der Waals surface area contributed by atoms with Gasteiger partial charge in [-0.15, -0.1) is 0 Å². The zero-order valence-corrected chi connectivity index (χ0v) is 16.6. The molecule has 3 aromatic carbocycles. The minimum atomic E-state index is -0.563. The maximum atomic E-state index is 13.2. The van der Waals surface area contributed by atoms with E-state index in [4.69, 9.17) is 4.74 Å². The van der Waals surface area contributed by atoms with Crippen molar-refractivity contribution < 1.29 is 14.3 Å². The third-order valence-corrected chi connectivity index (χ3v) is 4.99. The molecule has 0 fully saturated rings. The maximum absolute atomic E-state index is 13.2. The first-order chi connectivity index (χ1) is 14.6. The molecular weight excluding hydrogens is 376 g/mol. The Bertz CT molecular complexity index is 1090. The van der Waals surface area contributed by atoms with Crippen molar-refractivity contribution in [2.24, 2.45) is 0 Å². The van der Waals surface area contributed by atoms with E-state index in [0.29, 0.717) is 29.2 Å². The summed E-state index contributed by atoms with van der Waals surface area (Å²) in [6.45, 7) is 2.19. The number of rotatable bonds is 6. The van der Waals surface area contributed by atoms with Crippen molar-refractivity contribution in [1.82, 2.24) is 10.6 Å². The van der Waals surface area contributed by atoms with Crippen LogP contribution in [0.15, 0.2) is 96.2 Å². The monoisotopic (exact) mass is 398 g/mol. The summed E-state index contributed by atoms with van der Waals surface area (Å²) < 4.78 is 5.93. The van der Waals surface area contributed by atoms with Crippen molar-refractivity contribution >= 4 is 11.8 Å². The summed E-state index contributed by atoms with van der Waals surface area (Å²) in [5, 5.41) is 5.60. The van der Waals surface area contributed by atoms with Gasteiger partial charge in [0.25, 0.3) is 0 Å². The van der Waals surface area contributed by atoms with Crippen LogP contribution in [0.1, 0.15) is 34.5 Å². The standard InChI is InChI=1S/C25H22N2O3/c1-17-22(24(28)19-11-6-3-7-12-19)23(27-25(29)26-17)20-13-8-14-21(15-20)30-16-18-9-4-2-5-10-18/h2-15,23H,16H2,1H3,(H2,26,27,29)/t23-/m0/s1. The van der Waals surface area contributed by atoms with Crippen LogP contribution < -0.4 is 15.4 Å². The van der Waals surface area contributed by atoms with Gasteiger partial charge in [0.05, 0.1) is 6.04 Å². The molecule has 0 saturated carbocycles. The number of ketones is 1. The molecule has 0 spiro atoms. The van der Waals surface area contributed by atoms with Gasteiger partial charge in [-0.05, 0) is 30.2 Å². The summed E-state index contributed by atoms with van der Waals surface area (Å²) in [5.41, 5.74) is 3.49. The van der Waals surface area contributed by atoms with Crippen LogP contribution in [-0.2, 0) is 6.61 Å².